The Balaban J connectivity index is 1.89. The van der Waals surface area contributed by atoms with E-state index in [2.05, 4.69) is 36.2 Å². The third kappa shape index (κ3) is 3.15. The van der Waals surface area contributed by atoms with Crippen molar-refractivity contribution in [2.75, 3.05) is 13.1 Å². The number of nitrogens with zero attached hydrogens (tertiary/aromatic N) is 3. The summed E-state index contributed by atoms with van der Waals surface area (Å²) < 4.78 is 2.04. The number of benzene rings is 1. The highest BCUT2D eigenvalue weighted by Crippen LogP contribution is 2.24. The van der Waals surface area contributed by atoms with Crippen LogP contribution in [-0.4, -0.2) is 33.3 Å². The molecule has 4 nitrogen and oxygen atoms in total. The van der Waals surface area contributed by atoms with Crippen molar-refractivity contribution in [3.63, 3.8) is 0 Å². The second-order valence-corrected chi connectivity index (χ2v) is 6.45. The normalized spacial score (nSPS) is 11.1. The number of thiazole rings is 1. The number of rotatable bonds is 5. The Hall–Kier alpha value is -2.14. The number of likely N-dealkylation sites (N-methyl/N-ethyl adjacent to an activating group) is 1. The van der Waals surface area contributed by atoms with Crippen LogP contribution in [-0.2, 0) is 11.2 Å². The molecule has 1 amide bonds. The lowest BCUT2D eigenvalue weighted by atomic mass is 10.1. The predicted molar refractivity (Wildman–Crippen MR) is 94.9 cm³/mol. The van der Waals surface area contributed by atoms with Crippen LogP contribution >= 0.6 is 11.3 Å². The van der Waals surface area contributed by atoms with Gasteiger partial charge in [0.25, 0.3) is 0 Å². The zero-order valence-electron chi connectivity index (χ0n) is 13.7. The molecule has 0 aliphatic heterocycles. The highest BCUT2D eigenvalue weighted by molar-refractivity contribution is 7.15. The summed E-state index contributed by atoms with van der Waals surface area (Å²) in [6, 6.07) is 8.35. The summed E-state index contributed by atoms with van der Waals surface area (Å²) in [5.74, 6) is 0.167. The summed E-state index contributed by atoms with van der Waals surface area (Å²) in [6.45, 7) is 7.60. The predicted octanol–water partition coefficient (Wildman–Crippen LogP) is 3.78. The van der Waals surface area contributed by atoms with Crippen LogP contribution in [0.3, 0.4) is 0 Å². The molecule has 2 aromatic heterocycles. The van der Waals surface area contributed by atoms with Crippen LogP contribution in [0.2, 0.25) is 0 Å². The first-order valence-corrected chi connectivity index (χ1v) is 8.80. The van der Waals surface area contributed by atoms with E-state index in [0.717, 1.165) is 35.0 Å². The van der Waals surface area contributed by atoms with E-state index in [1.165, 1.54) is 5.56 Å². The van der Waals surface area contributed by atoms with Gasteiger partial charge in [-0.25, -0.2) is 4.98 Å². The molecule has 0 fully saturated rings. The molecule has 0 N–H and O–H groups in total. The summed E-state index contributed by atoms with van der Waals surface area (Å²) in [7, 11) is 0. The van der Waals surface area contributed by atoms with Crippen molar-refractivity contribution in [2.24, 2.45) is 0 Å². The number of carbonyl (C=O) groups is 1. The number of imidazole rings is 1. The molecule has 0 spiro atoms. The SMILES string of the molecule is CCN(CC)C(=O)Cc1csc2nc(-c3ccc(C)cc3)cn12. The van der Waals surface area contributed by atoms with Gasteiger partial charge in [-0.05, 0) is 20.8 Å². The Morgan fingerprint density at radius 2 is 1.91 bits per heavy atom. The molecule has 1 aromatic carbocycles. The molecule has 23 heavy (non-hydrogen) atoms. The molecular weight excluding hydrogens is 306 g/mol. The molecule has 120 valence electrons. The van der Waals surface area contributed by atoms with Gasteiger partial charge in [0.1, 0.15) is 0 Å². The molecule has 0 radical (unpaired) electrons. The molecule has 0 atom stereocenters. The van der Waals surface area contributed by atoms with E-state index in [1.54, 1.807) is 11.3 Å². The monoisotopic (exact) mass is 327 g/mol. The molecule has 0 saturated heterocycles. The molecule has 0 aliphatic carbocycles. The molecule has 0 saturated carbocycles. The Morgan fingerprint density at radius 3 is 2.57 bits per heavy atom. The molecule has 3 aromatic rings. The average Bonchev–Trinajstić information content (AvgIpc) is 3.11. The van der Waals surface area contributed by atoms with E-state index < -0.39 is 0 Å². The van der Waals surface area contributed by atoms with Gasteiger partial charge in [-0.3, -0.25) is 9.20 Å². The highest BCUT2D eigenvalue weighted by atomic mass is 32.1. The van der Waals surface area contributed by atoms with Gasteiger partial charge in [0.05, 0.1) is 12.1 Å². The smallest absolute Gasteiger partial charge is 0.228 e. The minimum absolute atomic E-state index is 0.167. The van der Waals surface area contributed by atoms with Gasteiger partial charge < -0.3 is 4.90 Å². The number of hydrogen-bond acceptors (Lipinski definition) is 3. The van der Waals surface area contributed by atoms with Crippen molar-refractivity contribution < 1.29 is 4.79 Å². The van der Waals surface area contributed by atoms with Gasteiger partial charge in [0, 0.05) is 35.9 Å². The van der Waals surface area contributed by atoms with Gasteiger partial charge in [0.15, 0.2) is 4.96 Å². The third-order valence-electron chi connectivity index (χ3n) is 4.08. The van der Waals surface area contributed by atoms with Crippen LogP contribution in [0.1, 0.15) is 25.1 Å². The first kappa shape index (κ1) is 15.7. The fourth-order valence-electron chi connectivity index (χ4n) is 2.66. The lowest BCUT2D eigenvalue weighted by Gasteiger charge is -2.18. The van der Waals surface area contributed by atoms with E-state index in [9.17, 15) is 4.79 Å². The summed E-state index contributed by atoms with van der Waals surface area (Å²) in [5.41, 5.74) is 4.30. The van der Waals surface area contributed by atoms with Crippen molar-refractivity contribution in [3.05, 3.63) is 47.1 Å². The lowest BCUT2D eigenvalue weighted by Crippen LogP contribution is -2.32. The van der Waals surface area contributed by atoms with E-state index >= 15 is 0 Å². The minimum Gasteiger partial charge on any atom is -0.343 e. The Morgan fingerprint density at radius 1 is 1.22 bits per heavy atom. The highest BCUT2D eigenvalue weighted by Gasteiger charge is 2.15. The van der Waals surface area contributed by atoms with Gasteiger partial charge in [-0.1, -0.05) is 29.8 Å². The number of hydrogen-bond donors (Lipinski definition) is 0. The Kier molecular flexibility index (Phi) is 4.48. The van der Waals surface area contributed by atoms with Crippen LogP contribution in [0.15, 0.2) is 35.8 Å². The molecule has 0 bridgehead atoms. The van der Waals surface area contributed by atoms with Crippen LogP contribution < -0.4 is 0 Å². The molecule has 5 heteroatoms. The van der Waals surface area contributed by atoms with Crippen molar-refractivity contribution in [1.29, 1.82) is 0 Å². The van der Waals surface area contributed by atoms with Crippen LogP contribution in [0.25, 0.3) is 16.2 Å². The van der Waals surface area contributed by atoms with Crippen LogP contribution in [0.5, 0.6) is 0 Å². The van der Waals surface area contributed by atoms with Crippen molar-refractivity contribution >= 4 is 22.2 Å². The largest absolute Gasteiger partial charge is 0.343 e. The zero-order chi connectivity index (χ0) is 16.4. The number of aromatic nitrogens is 2. The van der Waals surface area contributed by atoms with E-state index in [0.29, 0.717) is 6.42 Å². The average molecular weight is 327 g/mol. The van der Waals surface area contributed by atoms with E-state index in [1.807, 2.05) is 34.7 Å². The maximum absolute atomic E-state index is 12.3. The number of fused-ring (bicyclic) bond motifs is 1. The van der Waals surface area contributed by atoms with Gasteiger partial charge in [-0.15, -0.1) is 11.3 Å². The second kappa shape index (κ2) is 6.54. The summed E-state index contributed by atoms with van der Waals surface area (Å²) in [4.78, 5) is 19.8. The summed E-state index contributed by atoms with van der Waals surface area (Å²) >= 11 is 1.58. The molecule has 2 heterocycles. The molecule has 0 aliphatic rings. The fourth-order valence-corrected chi connectivity index (χ4v) is 3.54. The second-order valence-electron chi connectivity index (χ2n) is 5.61. The number of carbonyl (C=O) groups excluding carboxylic acids is 1. The van der Waals surface area contributed by atoms with Crippen molar-refractivity contribution in [3.8, 4) is 11.3 Å². The maximum Gasteiger partial charge on any atom is 0.228 e. The fraction of sp³-hybridized carbons (Fsp3) is 0.333. The van der Waals surface area contributed by atoms with Crippen LogP contribution in [0.4, 0.5) is 0 Å². The van der Waals surface area contributed by atoms with Crippen LogP contribution in [0, 0.1) is 6.92 Å². The van der Waals surface area contributed by atoms with Gasteiger partial charge >= 0.3 is 0 Å². The zero-order valence-corrected chi connectivity index (χ0v) is 14.6. The third-order valence-corrected chi connectivity index (χ3v) is 4.97. The first-order valence-electron chi connectivity index (χ1n) is 7.92. The van der Waals surface area contributed by atoms with Gasteiger partial charge in [-0.2, -0.15) is 0 Å². The van der Waals surface area contributed by atoms with E-state index in [-0.39, 0.29) is 5.91 Å². The maximum atomic E-state index is 12.3. The summed E-state index contributed by atoms with van der Waals surface area (Å²) in [5, 5.41) is 2.03. The van der Waals surface area contributed by atoms with Crippen molar-refractivity contribution in [2.45, 2.75) is 27.2 Å². The Labute approximate surface area is 140 Å². The Bertz CT molecular complexity index is 813. The van der Waals surface area contributed by atoms with Gasteiger partial charge in [0.2, 0.25) is 5.91 Å². The summed E-state index contributed by atoms with van der Waals surface area (Å²) in [6.07, 6.45) is 2.45. The van der Waals surface area contributed by atoms with E-state index in [4.69, 9.17) is 0 Å². The minimum atomic E-state index is 0.167. The van der Waals surface area contributed by atoms with Crippen molar-refractivity contribution in [1.82, 2.24) is 14.3 Å². The number of amides is 1. The topological polar surface area (TPSA) is 37.6 Å². The standard InChI is InChI=1S/C18H21N3OS/c1-4-20(5-2)17(22)10-15-12-23-18-19-16(11-21(15)18)14-8-6-13(3)7-9-14/h6-9,11-12H,4-5,10H2,1-3H3. The lowest BCUT2D eigenvalue weighted by molar-refractivity contribution is -0.130. The first-order chi connectivity index (χ1) is 11.1. The number of aryl methyl sites for hydroxylation is 1. The molecule has 0 unspecified atom stereocenters. The molecule has 3 rings (SSSR count). The molecular formula is C18H21N3OS. The quantitative estimate of drug-likeness (QED) is 0.715.